The van der Waals surface area contributed by atoms with Crippen LogP contribution in [-0.4, -0.2) is 75.4 Å². The molecule has 4 atom stereocenters. The third kappa shape index (κ3) is 10.5. The summed E-state index contributed by atoms with van der Waals surface area (Å²) in [5.41, 5.74) is 17.1. The van der Waals surface area contributed by atoms with Gasteiger partial charge < -0.3 is 43.2 Å². The van der Waals surface area contributed by atoms with Gasteiger partial charge in [0, 0.05) is 18.3 Å². The van der Waals surface area contributed by atoms with Crippen molar-refractivity contribution < 1.29 is 29.1 Å². The number of unbranched alkanes of at least 4 members (excludes halogenated alkanes) is 1. The lowest BCUT2D eigenvalue weighted by atomic mass is 10.0. The number of carboxylic acids is 1. The van der Waals surface area contributed by atoms with Crippen LogP contribution >= 0.6 is 0 Å². The summed E-state index contributed by atoms with van der Waals surface area (Å²) in [5, 5.41) is 16.7. The van der Waals surface area contributed by atoms with Gasteiger partial charge in [0.2, 0.25) is 23.6 Å². The first kappa shape index (κ1) is 29.5. The Morgan fingerprint density at radius 3 is 2.20 bits per heavy atom. The van der Waals surface area contributed by atoms with Gasteiger partial charge in [-0.2, -0.15) is 0 Å². The van der Waals surface area contributed by atoms with Crippen LogP contribution in [0.15, 0.2) is 12.5 Å². The zero-order valence-corrected chi connectivity index (χ0v) is 20.0. The van der Waals surface area contributed by atoms with Crippen molar-refractivity contribution in [3.63, 3.8) is 0 Å². The monoisotopic (exact) mass is 496 g/mol. The van der Waals surface area contributed by atoms with Gasteiger partial charge in [0.15, 0.2) is 0 Å². The fourth-order valence-electron chi connectivity index (χ4n) is 3.22. The number of aromatic amines is 1. The molecule has 1 heterocycles. The molecule has 0 aromatic carbocycles. The number of rotatable bonds is 16. The second-order valence-electron chi connectivity index (χ2n) is 8.53. The second-order valence-corrected chi connectivity index (χ2v) is 8.53. The lowest BCUT2D eigenvalue weighted by Crippen LogP contribution is -2.59. The van der Waals surface area contributed by atoms with E-state index in [4.69, 9.17) is 17.2 Å². The number of hydrogen-bond acceptors (Lipinski definition) is 8. The summed E-state index contributed by atoms with van der Waals surface area (Å²) in [7, 11) is 0. The standard InChI is InChI=1S/C21H36N8O6/c1-11(2)17(20(33)27-14(21(34)35)5-3-4-6-22)29-19(32)15(8-16(24)30)28-18(31)13(23)7-12-9-25-10-26-12/h9-11,13-15,17H,3-8,22-23H2,1-2H3,(H2,24,30)(H,25,26)(H,27,33)(H,28,31)(H,29,32)(H,34,35). The molecule has 4 unspecified atom stereocenters. The summed E-state index contributed by atoms with van der Waals surface area (Å²) < 4.78 is 0. The number of primary amides is 1. The Labute approximate surface area is 203 Å². The van der Waals surface area contributed by atoms with E-state index in [0.717, 1.165) is 0 Å². The molecule has 1 aromatic rings. The number of aromatic nitrogens is 2. The molecule has 0 aliphatic heterocycles. The van der Waals surface area contributed by atoms with E-state index < -0.39 is 66.1 Å². The van der Waals surface area contributed by atoms with E-state index in [1.807, 2.05) is 0 Å². The number of carbonyl (C=O) groups excluding carboxylic acids is 4. The van der Waals surface area contributed by atoms with Crippen LogP contribution in [0.25, 0.3) is 0 Å². The van der Waals surface area contributed by atoms with Gasteiger partial charge in [-0.1, -0.05) is 13.8 Å². The van der Waals surface area contributed by atoms with Crippen LogP contribution in [0.5, 0.6) is 0 Å². The minimum atomic E-state index is -1.39. The highest BCUT2D eigenvalue weighted by atomic mass is 16.4. The van der Waals surface area contributed by atoms with Gasteiger partial charge in [0.1, 0.15) is 18.1 Å². The minimum Gasteiger partial charge on any atom is -0.480 e. The van der Waals surface area contributed by atoms with Gasteiger partial charge in [-0.05, 0) is 31.7 Å². The van der Waals surface area contributed by atoms with Crippen LogP contribution < -0.4 is 33.2 Å². The van der Waals surface area contributed by atoms with Crippen molar-refractivity contribution in [1.29, 1.82) is 0 Å². The molecule has 0 saturated carbocycles. The molecule has 0 aliphatic rings. The SMILES string of the molecule is CC(C)C(NC(=O)C(CC(N)=O)NC(=O)C(N)Cc1cnc[nH]1)C(=O)NC(CCCCN)C(=O)O. The summed E-state index contributed by atoms with van der Waals surface area (Å²) in [6.45, 7) is 3.69. The summed E-state index contributed by atoms with van der Waals surface area (Å²) in [6.07, 6.45) is 3.76. The molecule has 196 valence electrons. The predicted octanol–water partition coefficient (Wildman–Crippen LogP) is -2.52. The highest BCUT2D eigenvalue weighted by molar-refractivity contribution is 5.96. The minimum absolute atomic E-state index is 0.106. The van der Waals surface area contributed by atoms with E-state index in [-0.39, 0.29) is 12.8 Å². The van der Waals surface area contributed by atoms with Crippen LogP contribution in [0.4, 0.5) is 0 Å². The Balaban J connectivity index is 2.88. The van der Waals surface area contributed by atoms with Crippen molar-refractivity contribution >= 4 is 29.6 Å². The Morgan fingerprint density at radius 2 is 1.69 bits per heavy atom. The fourth-order valence-corrected chi connectivity index (χ4v) is 3.22. The third-order valence-corrected chi connectivity index (χ3v) is 5.18. The van der Waals surface area contributed by atoms with Crippen molar-refractivity contribution in [2.75, 3.05) is 6.54 Å². The molecule has 0 bridgehead atoms. The normalized spacial score (nSPS) is 14.4. The van der Waals surface area contributed by atoms with Gasteiger partial charge in [-0.3, -0.25) is 19.2 Å². The fraction of sp³-hybridized carbons (Fsp3) is 0.619. The van der Waals surface area contributed by atoms with Crippen LogP contribution in [-0.2, 0) is 30.4 Å². The maximum Gasteiger partial charge on any atom is 0.326 e. The maximum absolute atomic E-state index is 12.9. The zero-order valence-electron chi connectivity index (χ0n) is 20.0. The zero-order chi connectivity index (χ0) is 26.5. The van der Waals surface area contributed by atoms with Crippen molar-refractivity contribution in [3.8, 4) is 0 Å². The van der Waals surface area contributed by atoms with E-state index in [9.17, 15) is 29.1 Å². The summed E-state index contributed by atoms with van der Waals surface area (Å²) in [4.78, 5) is 67.9. The Morgan fingerprint density at radius 1 is 1.03 bits per heavy atom. The molecule has 0 saturated heterocycles. The van der Waals surface area contributed by atoms with Crippen molar-refractivity contribution in [1.82, 2.24) is 25.9 Å². The number of carboxylic acid groups (broad SMARTS) is 1. The second kappa shape index (κ2) is 14.7. The number of H-pyrrole nitrogens is 1. The first-order chi connectivity index (χ1) is 16.5. The van der Waals surface area contributed by atoms with Crippen LogP contribution in [0, 0.1) is 5.92 Å². The van der Waals surface area contributed by atoms with Crippen molar-refractivity contribution in [2.24, 2.45) is 23.1 Å². The van der Waals surface area contributed by atoms with E-state index in [2.05, 4.69) is 25.9 Å². The molecular weight excluding hydrogens is 460 g/mol. The maximum atomic E-state index is 12.9. The number of nitrogens with two attached hydrogens (primary N) is 3. The highest BCUT2D eigenvalue weighted by Gasteiger charge is 2.32. The van der Waals surface area contributed by atoms with Crippen LogP contribution in [0.3, 0.4) is 0 Å². The van der Waals surface area contributed by atoms with Crippen molar-refractivity contribution in [2.45, 2.75) is 70.1 Å². The Bertz CT molecular complexity index is 860. The number of nitrogens with zero attached hydrogens (tertiary/aromatic N) is 1. The first-order valence-electron chi connectivity index (χ1n) is 11.3. The van der Waals surface area contributed by atoms with Gasteiger partial charge in [0.25, 0.3) is 0 Å². The lowest BCUT2D eigenvalue weighted by Gasteiger charge is -2.26. The number of carbonyl (C=O) groups is 5. The quantitative estimate of drug-likeness (QED) is 0.112. The third-order valence-electron chi connectivity index (χ3n) is 5.18. The molecule has 1 rings (SSSR count). The summed E-state index contributed by atoms with van der Waals surface area (Å²) >= 11 is 0. The van der Waals surface area contributed by atoms with Gasteiger partial charge in [-0.15, -0.1) is 0 Å². The summed E-state index contributed by atoms with van der Waals surface area (Å²) in [6, 6.07) is -4.73. The number of hydrogen-bond donors (Lipinski definition) is 8. The number of aliphatic carboxylic acids is 1. The smallest absolute Gasteiger partial charge is 0.326 e. The van der Waals surface area contributed by atoms with E-state index in [1.165, 1.54) is 12.5 Å². The van der Waals surface area contributed by atoms with Gasteiger partial charge in [-0.25, -0.2) is 9.78 Å². The van der Waals surface area contributed by atoms with E-state index in [1.54, 1.807) is 13.8 Å². The van der Waals surface area contributed by atoms with Gasteiger partial charge in [0.05, 0.1) is 18.8 Å². The molecule has 14 heteroatoms. The molecule has 14 nitrogen and oxygen atoms in total. The summed E-state index contributed by atoms with van der Waals surface area (Å²) in [5.74, 6) is -4.77. The lowest BCUT2D eigenvalue weighted by molar-refractivity contribution is -0.143. The molecule has 35 heavy (non-hydrogen) atoms. The first-order valence-corrected chi connectivity index (χ1v) is 11.3. The van der Waals surface area contributed by atoms with Crippen LogP contribution in [0.2, 0.25) is 0 Å². The van der Waals surface area contributed by atoms with Crippen molar-refractivity contribution in [3.05, 3.63) is 18.2 Å². The Kier molecular flexibility index (Phi) is 12.4. The number of amides is 4. The molecular formula is C21H36N8O6. The van der Waals surface area contributed by atoms with Crippen LogP contribution in [0.1, 0.15) is 45.2 Å². The molecule has 0 radical (unpaired) electrons. The highest BCUT2D eigenvalue weighted by Crippen LogP contribution is 2.07. The van der Waals surface area contributed by atoms with E-state index >= 15 is 0 Å². The van der Waals surface area contributed by atoms with Gasteiger partial charge >= 0.3 is 5.97 Å². The van der Waals surface area contributed by atoms with E-state index in [0.29, 0.717) is 25.1 Å². The largest absolute Gasteiger partial charge is 0.480 e. The molecule has 0 fully saturated rings. The molecule has 0 aliphatic carbocycles. The average molecular weight is 497 g/mol. The molecule has 0 spiro atoms. The Hall–Kier alpha value is -3.52. The molecule has 11 N–H and O–H groups in total. The topological polar surface area (TPSA) is 248 Å². The predicted molar refractivity (Wildman–Crippen MR) is 125 cm³/mol. The number of nitrogens with one attached hydrogen (secondary N) is 4. The average Bonchev–Trinajstić information content (AvgIpc) is 3.28. The molecule has 1 aromatic heterocycles. The molecule has 4 amide bonds. The number of imidazole rings is 1.